The van der Waals surface area contributed by atoms with E-state index in [-0.39, 0.29) is 19.4 Å². The molecule has 138 valence electrons. The number of urea groups is 1. The first-order valence-corrected chi connectivity index (χ1v) is 8.59. The van der Waals surface area contributed by atoms with Crippen LogP contribution in [0.1, 0.15) is 37.7 Å². The van der Waals surface area contributed by atoms with Crippen molar-refractivity contribution in [3.8, 4) is 5.88 Å². The van der Waals surface area contributed by atoms with Crippen LogP contribution in [0.15, 0.2) is 18.3 Å². The molecule has 0 saturated heterocycles. The van der Waals surface area contributed by atoms with Crippen LogP contribution in [-0.2, 0) is 6.54 Å². The minimum absolute atomic E-state index is 0.0503. The third kappa shape index (κ3) is 4.99. The second-order valence-corrected chi connectivity index (χ2v) is 6.84. The fraction of sp³-hybridized carbons (Fsp3) is 0.647. The van der Waals surface area contributed by atoms with Gasteiger partial charge in [-0.1, -0.05) is 6.42 Å². The van der Waals surface area contributed by atoms with Gasteiger partial charge >= 0.3 is 12.2 Å². The Morgan fingerprint density at radius 2 is 2.08 bits per heavy atom. The summed E-state index contributed by atoms with van der Waals surface area (Å²) < 4.78 is 42.9. The van der Waals surface area contributed by atoms with Crippen molar-refractivity contribution in [1.29, 1.82) is 0 Å². The lowest BCUT2D eigenvalue weighted by Crippen LogP contribution is -2.51. The van der Waals surface area contributed by atoms with E-state index in [4.69, 9.17) is 4.74 Å². The highest BCUT2D eigenvalue weighted by Crippen LogP contribution is 2.40. The number of nitrogens with zero attached hydrogens (tertiary/aromatic N) is 1. The summed E-state index contributed by atoms with van der Waals surface area (Å²) >= 11 is 0. The van der Waals surface area contributed by atoms with Crippen LogP contribution < -0.4 is 15.4 Å². The zero-order valence-electron chi connectivity index (χ0n) is 13.8. The number of amides is 2. The van der Waals surface area contributed by atoms with Crippen LogP contribution in [0.25, 0.3) is 0 Å². The summed E-state index contributed by atoms with van der Waals surface area (Å²) in [5.41, 5.74) is 0.829. The van der Waals surface area contributed by atoms with Gasteiger partial charge in [0.1, 0.15) is 0 Å². The quantitative estimate of drug-likeness (QED) is 0.820. The molecule has 2 aliphatic rings. The highest BCUT2D eigenvalue weighted by molar-refractivity contribution is 5.74. The SMILES string of the molecule is O=C(NCc1ccnc(OCC2CCC2)c1)N[C@H]1C[C@H](C(F)(F)F)C1. The fourth-order valence-electron chi connectivity index (χ4n) is 2.92. The molecule has 25 heavy (non-hydrogen) atoms. The maximum Gasteiger partial charge on any atom is 0.391 e. The Balaban J connectivity index is 1.37. The minimum atomic E-state index is -4.17. The van der Waals surface area contributed by atoms with E-state index < -0.39 is 24.2 Å². The second-order valence-electron chi connectivity index (χ2n) is 6.84. The first-order valence-electron chi connectivity index (χ1n) is 8.59. The number of hydrogen-bond donors (Lipinski definition) is 2. The van der Waals surface area contributed by atoms with Gasteiger partial charge in [-0.05, 0) is 43.2 Å². The van der Waals surface area contributed by atoms with Gasteiger partial charge in [0.15, 0.2) is 0 Å². The van der Waals surface area contributed by atoms with E-state index in [9.17, 15) is 18.0 Å². The number of alkyl halides is 3. The summed E-state index contributed by atoms with van der Waals surface area (Å²) in [5, 5.41) is 5.21. The van der Waals surface area contributed by atoms with E-state index in [1.54, 1.807) is 18.3 Å². The van der Waals surface area contributed by atoms with E-state index in [2.05, 4.69) is 15.6 Å². The van der Waals surface area contributed by atoms with Crippen molar-refractivity contribution in [3.63, 3.8) is 0 Å². The zero-order chi connectivity index (χ0) is 17.9. The van der Waals surface area contributed by atoms with Crippen molar-refractivity contribution >= 4 is 6.03 Å². The van der Waals surface area contributed by atoms with Crippen LogP contribution in [0.4, 0.5) is 18.0 Å². The lowest BCUT2D eigenvalue weighted by Gasteiger charge is -2.36. The van der Waals surface area contributed by atoms with Crippen LogP contribution in [0.3, 0.4) is 0 Å². The number of halogens is 3. The van der Waals surface area contributed by atoms with Gasteiger partial charge in [0.05, 0.1) is 12.5 Å². The number of pyridine rings is 1. The lowest BCUT2D eigenvalue weighted by molar-refractivity contribution is -0.198. The van der Waals surface area contributed by atoms with Crippen molar-refractivity contribution in [2.45, 2.75) is 50.9 Å². The zero-order valence-corrected chi connectivity index (χ0v) is 13.8. The number of nitrogens with one attached hydrogen (secondary N) is 2. The molecule has 1 heterocycles. The molecule has 0 atom stereocenters. The summed E-state index contributed by atoms with van der Waals surface area (Å²) in [4.78, 5) is 15.9. The summed E-state index contributed by atoms with van der Waals surface area (Å²) in [7, 11) is 0. The molecule has 2 saturated carbocycles. The molecule has 0 aromatic carbocycles. The van der Waals surface area contributed by atoms with Gasteiger partial charge < -0.3 is 15.4 Å². The minimum Gasteiger partial charge on any atom is -0.477 e. The molecule has 2 N–H and O–H groups in total. The average Bonchev–Trinajstić information content (AvgIpc) is 2.46. The van der Waals surface area contributed by atoms with E-state index in [1.807, 2.05) is 0 Å². The molecule has 0 spiro atoms. The van der Waals surface area contributed by atoms with E-state index in [1.165, 1.54) is 19.3 Å². The lowest BCUT2D eigenvalue weighted by atomic mass is 9.80. The Morgan fingerprint density at radius 3 is 2.72 bits per heavy atom. The number of carbonyl (C=O) groups excluding carboxylic acids is 1. The highest BCUT2D eigenvalue weighted by Gasteiger charge is 2.48. The predicted octanol–water partition coefficient (Wildman–Crippen LogP) is 3.40. The highest BCUT2D eigenvalue weighted by atomic mass is 19.4. The van der Waals surface area contributed by atoms with Crippen LogP contribution in [0, 0.1) is 11.8 Å². The Bertz CT molecular complexity index is 599. The summed E-state index contributed by atoms with van der Waals surface area (Å²) in [6.07, 6.45) is 0.990. The molecule has 2 amide bonds. The van der Waals surface area contributed by atoms with Crippen LogP contribution in [0.2, 0.25) is 0 Å². The van der Waals surface area contributed by atoms with Crippen molar-refractivity contribution < 1.29 is 22.7 Å². The van der Waals surface area contributed by atoms with E-state index in [0.717, 1.165) is 5.56 Å². The van der Waals surface area contributed by atoms with Crippen LogP contribution in [-0.4, -0.2) is 29.8 Å². The molecule has 0 aliphatic heterocycles. The Labute approximate surface area is 144 Å². The maximum atomic E-state index is 12.4. The molecule has 2 aliphatic carbocycles. The number of rotatable bonds is 6. The van der Waals surface area contributed by atoms with Crippen molar-refractivity contribution in [2.24, 2.45) is 11.8 Å². The smallest absolute Gasteiger partial charge is 0.391 e. The fourth-order valence-corrected chi connectivity index (χ4v) is 2.92. The Hall–Kier alpha value is -1.99. The Kier molecular flexibility index (Phi) is 5.34. The van der Waals surface area contributed by atoms with Crippen molar-refractivity contribution in [1.82, 2.24) is 15.6 Å². The summed E-state index contributed by atoms with van der Waals surface area (Å²) in [6, 6.07) is 2.66. The first-order chi connectivity index (χ1) is 11.9. The largest absolute Gasteiger partial charge is 0.477 e. The van der Waals surface area contributed by atoms with Gasteiger partial charge in [-0.15, -0.1) is 0 Å². The van der Waals surface area contributed by atoms with Gasteiger partial charge in [0, 0.05) is 24.8 Å². The molecule has 1 aromatic heterocycles. The molecule has 2 fully saturated rings. The number of aromatic nitrogens is 1. The number of hydrogen-bond acceptors (Lipinski definition) is 3. The standard InChI is InChI=1S/C17H22F3N3O2/c18-17(19,20)13-7-14(8-13)23-16(24)22-9-12-4-5-21-15(6-12)25-10-11-2-1-3-11/h4-6,11,13-14H,1-3,7-10H2,(H2,22,23,24)/t13-,14-. The van der Waals surface area contributed by atoms with Crippen molar-refractivity contribution in [3.05, 3.63) is 23.9 Å². The third-order valence-electron chi connectivity index (χ3n) is 4.88. The molecule has 1 aromatic rings. The molecule has 3 rings (SSSR count). The number of carbonyl (C=O) groups is 1. The predicted molar refractivity (Wildman–Crippen MR) is 85.0 cm³/mol. The first kappa shape index (κ1) is 17.8. The van der Waals surface area contributed by atoms with Gasteiger partial charge in [-0.2, -0.15) is 13.2 Å². The van der Waals surface area contributed by atoms with E-state index >= 15 is 0 Å². The second kappa shape index (κ2) is 7.49. The molecular weight excluding hydrogens is 335 g/mol. The van der Waals surface area contributed by atoms with Crippen LogP contribution in [0.5, 0.6) is 5.88 Å². The summed E-state index contributed by atoms with van der Waals surface area (Å²) in [5.74, 6) is -0.163. The van der Waals surface area contributed by atoms with Gasteiger partial charge in [-0.25, -0.2) is 9.78 Å². The topological polar surface area (TPSA) is 63.2 Å². The molecular formula is C17H22F3N3O2. The molecule has 0 unspecified atom stereocenters. The maximum absolute atomic E-state index is 12.4. The van der Waals surface area contributed by atoms with E-state index in [0.29, 0.717) is 18.4 Å². The van der Waals surface area contributed by atoms with Gasteiger partial charge in [0.2, 0.25) is 5.88 Å². The average molecular weight is 357 g/mol. The number of ether oxygens (including phenoxy) is 1. The normalized spacial score (nSPS) is 23.3. The third-order valence-corrected chi connectivity index (χ3v) is 4.88. The molecule has 0 radical (unpaired) electrons. The van der Waals surface area contributed by atoms with Crippen LogP contribution >= 0.6 is 0 Å². The van der Waals surface area contributed by atoms with Gasteiger partial charge in [0.25, 0.3) is 0 Å². The van der Waals surface area contributed by atoms with Gasteiger partial charge in [-0.3, -0.25) is 0 Å². The molecule has 5 nitrogen and oxygen atoms in total. The van der Waals surface area contributed by atoms with Crippen molar-refractivity contribution in [2.75, 3.05) is 6.61 Å². The molecule has 8 heteroatoms. The summed E-state index contributed by atoms with van der Waals surface area (Å²) in [6.45, 7) is 0.927. The Morgan fingerprint density at radius 1 is 1.32 bits per heavy atom. The monoisotopic (exact) mass is 357 g/mol. The molecule has 0 bridgehead atoms.